The van der Waals surface area contributed by atoms with Gasteiger partial charge in [0, 0.05) is 29.7 Å². The van der Waals surface area contributed by atoms with Crippen molar-refractivity contribution in [3.63, 3.8) is 0 Å². The number of hydrogen-bond acceptors (Lipinski definition) is 6. The second-order valence-electron chi connectivity index (χ2n) is 8.28. The van der Waals surface area contributed by atoms with E-state index in [2.05, 4.69) is 0 Å². The molecule has 0 spiro atoms. The lowest BCUT2D eigenvalue weighted by atomic mass is 9.90. The van der Waals surface area contributed by atoms with Crippen LogP contribution in [0.4, 0.5) is 0 Å². The number of allylic oxidation sites excluding steroid dienone is 2. The van der Waals surface area contributed by atoms with Crippen LogP contribution in [0.3, 0.4) is 0 Å². The van der Waals surface area contributed by atoms with Crippen LogP contribution < -0.4 is 4.74 Å². The number of aliphatic hydroxyl groups excluding tert-OH is 2. The summed E-state index contributed by atoms with van der Waals surface area (Å²) >= 11 is 5.91. The molecule has 0 saturated heterocycles. The number of rotatable bonds is 12. The molecule has 1 aliphatic carbocycles. The van der Waals surface area contributed by atoms with Crippen LogP contribution in [-0.2, 0) is 14.3 Å². The van der Waals surface area contributed by atoms with E-state index in [0.29, 0.717) is 30.0 Å². The Hall–Kier alpha value is -2.15. The first kappa shape index (κ1) is 26.1. The second-order valence-corrected chi connectivity index (χ2v) is 8.72. The molecule has 2 rings (SSSR count). The summed E-state index contributed by atoms with van der Waals surface area (Å²) in [6, 6.07) is 6.90. The van der Waals surface area contributed by atoms with Gasteiger partial charge in [-0.05, 0) is 51.3 Å². The van der Waals surface area contributed by atoms with Gasteiger partial charge in [-0.25, -0.2) is 0 Å². The van der Waals surface area contributed by atoms with Gasteiger partial charge in [0.1, 0.15) is 24.2 Å². The van der Waals surface area contributed by atoms with E-state index in [-0.39, 0.29) is 42.7 Å². The molecule has 1 aromatic rings. The lowest BCUT2D eigenvalue weighted by Gasteiger charge is -2.17. The molecule has 0 radical (unpaired) electrons. The van der Waals surface area contributed by atoms with E-state index in [1.54, 1.807) is 36.4 Å². The number of carbonyl (C=O) groups excluding carboxylic acids is 2. The molecule has 7 heteroatoms. The van der Waals surface area contributed by atoms with Crippen molar-refractivity contribution in [1.29, 1.82) is 0 Å². The van der Waals surface area contributed by atoms with E-state index in [9.17, 15) is 19.8 Å². The Bertz CT molecular complexity index is 803. The molecular formula is C25H33ClO6. The summed E-state index contributed by atoms with van der Waals surface area (Å²) in [6.07, 6.45) is 7.80. The van der Waals surface area contributed by atoms with Crippen LogP contribution in [0.15, 0.2) is 48.6 Å². The number of esters is 1. The molecule has 6 nitrogen and oxygen atoms in total. The van der Waals surface area contributed by atoms with E-state index in [1.165, 1.54) is 0 Å². The number of Topliss-reactive ketones (excluding diaryl/α,β-unsaturated/α-hetero) is 1. The standard InChI is InChI=1S/C25H33ClO6/c1-17(2)32-25(30)11-6-4-3-5-10-21-22(24(29)15-23(21)28)13-12-19(27)16-31-20-9-7-8-18(26)14-20/h3,5,7-9,12-14,17,19,21-22,24,27,29H,4,6,10-11,15-16H2,1-2H3/b5-3+,13-12+/t19-,21-,22-,24-/m1/s1. The van der Waals surface area contributed by atoms with Crippen molar-refractivity contribution in [2.45, 2.75) is 64.3 Å². The molecule has 1 fully saturated rings. The molecule has 0 unspecified atom stereocenters. The van der Waals surface area contributed by atoms with Crippen molar-refractivity contribution in [1.82, 2.24) is 0 Å². The normalized spacial score (nSPS) is 22.2. The van der Waals surface area contributed by atoms with Gasteiger partial charge in [0.25, 0.3) is 0 Å². The highest BCUT2D eigenvalue weighted by Crippen LogP contribution is 2.33. The lowest BCUT2D eigenvalue weighted by Crippen LogP contribution is -2.20. The minimum Gasteiger partial charge on any atom is -0.491 e. The van der Waals surface area contributed by atoms with Crippen LogP contribution in [0.5, 0.6) is 5.75 Å². The smallest absolute Gasteiger partial charge is 0.306 e. The maximum absolute atomic E-state index is 12.3. The zero-order chi connectivity index (χ0) is 23.5. The van der Waals surface area contributed by atoms with Crippen molar-refractivity contribution in [3.05, 3.63) is 53.6 Å². The largest absolute Gasteiger partial charge is 0.491 e. The maximum Gasteiger partial charge on any atom is 0.306 e. The number of aliphatic hydroxyl groups is 2. The number of hydrogen-bond donors (Lipinski definition) is 2. The molecule has 1 saturated carbocycles. The topological polar surface area (TPSA) is 93.1 Å². The number of ether oxygens (including phenoxy) is 2. The predicted octanol–water partition coefficient (Wildman–Crippen LogP) is 4.27. The maximum atomic E-state index is 12.3. The van der Waals surface area contributed by atoms with Gasteiger partial charge >= 0.3 is 5.97 Å². The third kappa shape index (κ3) is 9.15. The van der Waals surface area contributed by atoms with Crippen molar-refractivity contribution in [2.24, 2.45) is 11.8 Å². The zero-order valence-electron chi connectivity index (χ0n) is 18.7. The molecule has 0 aliphatic heterocycles. The van der Waals surface area contributed by atoms with Crippen LogP contribution in [0, 0.1) is 11.8 Å². The van der Waals surface area contributed by atoms with Crippen molar-refractivity contribution in [3.8, 4) is 5.75 Å². The molecule has 0 bridgehead atoms. The van der Waals surface area contributed by atoms with Crippen molar-refractivity contribution in [2.75, 3.05) is 6.61 Å². The SMILES string of the molecule is CC(C)OC(=O)CCC/C=C/C[C@H]1C(=O)C[C@@H](O)[C@@H]1/C=C/[C@@H](O)COc1cccc(Cl)c1. The number of halogens is 1. The van der Waals surface area contributed by atoms with Gasteiger partial charge in [0.15, 0.2) is 0 Å². The number of benzene rings is 1. The van der Waals surface area contributed by atoms with Crippen LogP contribution in [0.1, 0.15) is 46.0 Å². The molecule has 4 atom stereocenters. The van der Waals surface area contributed by atoms with Crippen LogP contribution in [0.25, 0.3) is 0 Å². The van der Waals surface area contributed by atoms with Crippen LogP contribution in [-0.4, -0.2) is 46.9 Å². The fourth-order valence-electron chi connectivity index (χ4n) is 3.62. The Labute approximate surface area is 194 Å². The minimum absolute atomic E-state index is 0.0157. The summed E-state index contributed by atoms with van der Waals surface area (Å²) < 4.78 is 10.6. The van der Waals surface area contributed by atoms with Crippen LogP contribution >= 0.6 is 11.6 Å². The summed E-state index contributed by atoms with van der Waals surface area (Å²) in [5.41, 5.74) is 0. The van der Waals surface area contributed by atoms with Crippen LogP contribution in [0.2, 0.25) is 5.02 Å². The third-order valence-electron chi connectivity index (χ3n) is 5.18. The van der Waals surface area contributed by atoms with Crippen molar-refractivity contribution < 1.29 is 29.3 Å². The minimum atomic E-state index is -0.876. The average molecular weight is 465 g/mol. The van der Waals surface area contributed by atoms with Gasteiger partial charge < -0.3 is 19.7 Å². The van der Waals surface area contributed by atoms with E-state index < -0.39 is 12.2 Å². The van der Waals surface area contributed by atoms with Gasteiger partial charge in [0.2, 0.25) is 0 Å². The molecule has 0 heterocycles. The number of unbranched alkanes of at least 4 members (excludes halogenated alkanes) is 1. The molecule has 1 aliphatic rings. The number of carbonyl (C=O) groups is 2. The highest BCUT2D eigenvalue weighted by atomic mass is 35.5. The first-order valence-corrected chi connectivity index (χ1v) is 11.4. The van der Waals surface area contributed by atoms with E-state index >= 15 is 0 Å². The Morgan fingerprint density at radius 2 is 2.09 bits per heavy atom. The molecule has 2 N–H and O–H groups in total. The zero-order valence-corrected chi connectivity index (χ0v) is 19.4. The predicted molar refractivity (Wildman–Crippen MR) is 124 cm³/mol. The molecule has 1 aromatic carbocycles. The molecule has 0 amide bonds. The Morgan fingerprint density at radius 1 is 1.31 bits per heavy atom. The van der Waals surface area contributed by atoms with Gasteiger partial charge in [-0.15, -0.1) is 0 Å². The molecule has 0 aromatic heterocycles. The summed E-state index contributed by atoms with van der Waals surface area (Å²) in [6.45, 7) is 3.68. The van der Waals surface area contributed by atoms with Gasteiger partial charge in [-0.2, -0.15) is 0 Å². The molecule has 176 valence electrons. The Balaban J connectivity index is 1.79. The molecular weight excluding hydrogens is 432 g/mol. The van der Waals surface area contributed by atoms with E-state index in [1.807, 2.05) is 26.0 Å². The summed E-state index contributed by atoms with van der Waals surface area (Å²) in [5.74, 6) is -0.312. The van der Waals surface area contributed by atoms with Gasteiger partial charge in [0.05, 0.1) is 12.2 Å². The quantitative estimate of drug-likeness (QED) is 0.272. The Kier molecular flexibility index (Phi) is 10.9. The highest BCUT2D eigenvalue weighted by Gasteiger charge is 2.39. The summed E-state index contributed by atoms with van der Waals surface area (Å²) in [4.78, 5) is 23.8. The third-order valence-corrected chi connectivity index (χ3v) is 5.42. The average Bonchev–Trinajstić information content (AvgIpc) is 2.99. The monoisotopic (exact) mass is 464 g/mol. The fraction of sp³-hybridized carbons (Fsp3) is 0.520. The second kappa shape index (κ2) is 13.4. The lowest BCUT2D eigenvalue weighted by molar-refractivity contribution is -0.147. The van der Waals surface area contributed by atoms with E-state index in [4.69, 9.17) is 21.1 Å². The Morgan fingerprint density at radius 3 is 2.81 bits per heavy atom. The van der Waals surface area contributed by atoms with E-state index in [0.717, 1.165) is 6.42 Å². The summed E-state index contributed by atoms with van der Waals surface area (Å²) in [7, 11) is 0. The highest BCUT2D eigenvalue weighted by molar-refractivity contribution is 6.30. The molecule has 32 heavy (non-hydrogen) atoms. The van der Waals surface area contributed by atoms with Gasteiger partial charge in [-0.1, -0.05) is 42.0 Å². The first-order chi connectivity index (χ1) is 15.3. The van der Waals surface area contributed by atoms with Crippen molar-refractivity contribution >= 4 is 23.4 Å². The fourth-order valence-corrected chi connectivity index (χ4v) is 3.80. The van der Waals surface area contributed by atoms with Gasteiger partial charge in [-0.3, -0.25) is 9.59 Å². The summed E-state index contributed by atoms with van der Waals surface area (Å²) in [5, 5.41) is 21.0. The number of ketones is 1. The first-order valence-electron chi connectivity index (χ1n) is 11.1.